The van der Waals surface area contributed by atoms with Crippen LogP contribution in [0.1, 0.15) is 16.8 Å². The van der Waals surface area contributed by atoms with Gasteiger partial charge in [-0.1, -0.05) is 48.0 Å². The fourth-order valence-electron chi connectivity index (χ4n) is 2.72. The molecule has 0 spiro atoms. The number of Topliss-reactive ketones (excluding diaryl/α,β-unsaturated/α-hetero) is 1. The van der Waals surface area contributed by atoms with Crippen LogP contribution in [0, 0.1) is 5.92 Å². The second-order valence-corrected chi connectivity index (χ2v) is 6.22. The number of amides is 1. The van der Waals surface area contributed by atoms with Crippen molar-refractivity contribution in [1.29, 1.82) is 0 Å². The maximum Gasteiger partial charge on any atom is 0.311 e. The van der Waals surface area contributed by atoms with Crippen LogP contribution in [0.3, 0.4) is 0 Å². The maximum absolute atomic E-state index is 12.2. The molecule has 2 aromatic rings. The van der Waals surface area contributed by atoms with Gasteiger partial charge in [-0.25, -0.2) is 0 Å². The molecule has 0 bridgehead atoms. The van der Waals surface area contributed by atoms with E-state index < -0.39 is 11.9 Å². The van der Waals surface area contributed by atoms with Crippen molar-refractivity contribution < 1.29 is 19.1 Å². The van der Waals surface area contributed by atoms with E-state index in [-0.39, 0.29) is 31.3 Å². The topological polar surface area (TPSA) is 63.7 Å². The second kappa shape index (κ2) is 7.49. The second-order valence-electron chi connectivity index (χ2n) is 5.78. The zero-order valence-corrected chi connectivity index (χ0v) is 14.1. The Bertz CT molecular complexity index is 806. The molecule has 128 valence electrons. The number of ketones is 1. The Kier molecular flexibility index (Phi) is 5.14. The summed E-state index contributed by atoms with van der Waals surface area (Å²) in [6, 6.07) is 15.5. The Morgan fingerprint density at radius 2 is 1.88 bits per heavy atom. The fraction of sp³-hybridized carbons (Fsp3) is 0.211. The molecule has 25 heavy (non-hydrogen) atoms. The molecule has 0 radical (unpaired) electrons. The molecule has 1 amide bonds. The quantitative estimate of drug-likeness (QED) is 0.609. The number of halogens is 1. The Labute approximate surface area is 150 Å². The standard InChI is InChI=1S/C19H16ClNO4/c20-15-7-4-8-16(10-15)21-11-14(9-18(21)23)19(24)25-12-17(22)13-5-2-1-3-6-13/h1-8,10,14H,9,11-12H2. The van der Waals surface area contributed by atoms with Crippen molar-refractivity contribution in [3.63, 3.8) is 0 Å². The lowest BCUT2D eigenvalue weighted by Gasteiger charge is -2.16. The van der Waals surface area contributed by atoms with E-state index in [2.05, 4.69) is 0 Å². The van der Waals surface area contributed by atoms with Crippen molar-refractivity contribution in [3.05, 3.63) is 65.2 Å². The average Bonchev–Trinajstić information content (AvgIpc) is 3.02. The van der Waals surface area contributed by atoms with Gasteiger partial charge in [0.1, 0.15) is 0 Å². The molecule has 1 saturated heterocycles. The van der Waals surface area contributed by atoms with Crippen LogP contribution in [0.25, 0.3) is 0 Å². The van der Waals surface area contributed by atoms with Gasteiger partial charge in [0, 0.05) is 29.2 Å². The van der Waals surface area contributed by atoms with Crippen molar-refractivity contribution >= 4 is 34.9 Å². The highest BCUT2D eigenvalue weighted by Gasteiger charge is 2.36. The van der Waals surface area contributed by atoms with Gasteiger partial charge >= 0.3 is 5.97 Å². The summed E-state index contributed by atoms with van der Waals surface area (Å²) in [6.45, 7) is -0.109. The third kappa shape index (κ3) is 4.06. The normalized spacial score (nSPS) is 16.8. The number of rotatable bonds is 5. The molecule has 1 aliphatic rings. The molecule has 1 atom stereocenters. The summed E-state index contributed by atoms with van der Waals surface area (Å²) in [7, 11) is 0. The van der Waals surface area contributed by atoms with E-state index in [0.717, 1.165) is 0 Å². The SMILES string of the molecule is O=C(COC(=O)C1CC(=O)N(c2cccc(Cl)c2)C1)c1ccccc1. The van der Waals surface area contributed by atoms with Gasteiger partial charge in [-0.2, -0.15) is 0 Å². The van der Waals surface area contributed by atoms with E-state index in [0.29, 0.717) is 16.3 Å². The lowest BCUT2D eigenvalue weighted by Crippen LogP contribution is -2.27. The van der Waals surface area contributed by atoms with Crippen LogP contribution < -0.4 is 4.90 Å². The van der Waals surface area contributed by atoms with Crippen molar-refractivity contribution in [2.45, 2.75) is 6.42 Å². The monoisotopic (exact) mass is 357 g/mol. The van der Waals surface area contributed by atoms with E-state index >= 15 is 0 Å². The van der Waals surface area contributed by atoms with Gasteiger partial charge in [0.25, 0.3) is 0 Å². The van der Waals surface area contributed by atoms with Crippen molar-refractivity contribution in [2.75, 3.05) is 18.1 Å². The van der Waals surface area contributed by atoms with Crippen LogP contribution >= 0.6 is 11.6 Å². The van der Waals surface area contributed by atoms with Gasteiger partial charge in [-0.05, 0) is 18.2 Å². The first kappa shape index (κ1) is 17.2. The minimum Gasteiger partial charge on any atom is -0.457 e. The van der Waals surface area contributed by atoms with Gasteiger partial charge in [0.05, 0.1) is 5.92 Å². The lowest BCUT2D eigenvalue weighted by molar-refractivity contribution is -0.147. The predicted molar refractivity (Wildman–Crippen MR) is 93.6 cm³/mol. The van der Waals surface area contributed by atoms with Crippen LogP contribution in [0.2, 0.25) is 5.02 Å². The third-order valence-corrected chi connectivity index (χ3v) is 4.25. The highest BCUT2D eigenvalue weighted by atomic mass is 35.5. The maximum atomic E-state index is 12.2. The molecule has 0 saturated carbocycles. The predicted octanol–water partition coefficient (Wildman–Crippen LogP) is 3.12. The minimum absolute atomic E-state index is 0.0604. The number of benzene rings is 2. The van der Waals surface area contributed by atoms with Gasteiger partial charge in [0.2, 0.25) is 5.91 Å². The first-order valence-corrected chi connectivity index (χ1v) is 8.23. The molecule has 0 aromatic heterocycles. The molecule has 1 heterocycles. The largest absolute Gasteiger partial charge is 0.457 e. The summed E-state index contributed by atoms with van der Waals surface area (Å²) in [5.74, 6) is -1.57. The summed E-state index contributed by atoms with van der Waals surface area (Å²) >= 11 is 5.95. The molecule has 1 aliphatic heterocycles. The van der Waals surface area contributed by atoms with E-state index in [1.165, 1.54) is 4.90 Å². The number of carbonyl (C=O) groups excluding carboxylic acids is 3. The summed E-state index contributed by atoms with van der Waals surface area (Å²) in [5, 5.41) is 0.518. The first-order chi connectivity index (χ1) is 12.0. The summed E-state index contributed by atoms with van der Waals surface area (Å²) in [5.41, 5.74) is 1.13. The molecule has 3 rings (SSSR count). The number of nitrogens with zero attached hydrogens (tertiary/aromatic N) is 1. The van der Waals surface area contributed by atoms with Gasteiger partial charge < -0.3 is 9.64 Å². The molecular formula is C19H16ClNO4. The lowest BCUT2D eigenvalue weighted by atomic mass is 10.1. The number of hydrogen-bond donors (Lipinski definition) is 0. The van der Waals surface area contributed by atoms with E-state index in [4.69, 9.17) is 16.3 Å². The zero-order valence-electron chi connectivity index (χ0n) is 13.4. The van der Waals surface area contributed by atoms with Gasteiger partial charge in [0.15, 0.2) is 12.4 Å². The highest BCUT2D eigenvalue weighted by Crippen LogP contribution is 2.27. The zero-order chi connectivity index (χ0) is 17.8. The number of anilines is 1. The average molecular weight is 358 g/mol. The minimum atomic E-state index is -0.588. The summed E-state index contributed by atoms with van der Waals surface area (Å²) < 4.78 is 5.10. The Balaban J connectivity index is 1.58. The van der Waals surface area contributed by atoms with E-state index in [9.17, 15) is 14.4 Å². The van der Waals surface area contributed by atoms with Gasteiger partial charge in [-0.3, -0.25) is 14.4 Å². The van der Waals surface area contributed by atoms with Crippen molar-refractivity contribution in [1.82, 2.24) is 0 Å². The molecule has 0 N–H and O–H groups in total. The van der Waals surface area contributed by atoms with Crippen LogP contribution in [0.5, 0.6) is 0 Å². The Morgan fingerprint density at radius 3 is 2.60 bits per heavy atom. The summed E-state index contributed by atoms with van der Waals surface area (Å²) in [4.78, 5) is 37.9. The number of hydrogen-bond acceptors (Lipinski definition) is 4. The first-order valence-electron chi connectivity index (χ1n) is 7.85. The van der Waals surface area contributed by atoms with Crippen LogP contribution in [0.15, 0.2) is 54.6 Å². The number of esters is 1. The van der Waals surface area contributed by atoms with Gasteiger partial charge in [-0.15, -0.1) is 0 Å². The van der Waals surface area contributed by atoms with E-state index in [1.807, 2.05) is 0 Å². The van der Waals surface area contributed by atoms with Crippen LogP contribution in [-0.2, 0) is 14.3 Å². The molecular weight excluding hydrogens is 342 g/mol. The third-order valence-electron chi connectivity index (χ3n) is 4.02. The molecule has 0 aliphatic carbocycles. The fourth-order valence-corrected chi connectivity index (χ4v) is 2.91. The van der Waals surface area contributed by atoms with E-state index in [1.54, 1.807) is 54.6 Å². The van der Waals surface area contributed by atoms with Crippen molar-refractivity contribution in [3.8, 4) is 0 Å². The molecule has 6 heteroatoms. The van der Waals surface area contributed by atoms with Crippen molar-refractivity contribution in [2.24, 2.45) is 5.92 Å². The summed E-state index contributed by atoms with van der Waals surface area (Å²) in [6.07, 6.45) is 0.0604. The molecule has 2 aromatic carbocycles. The molecule has 1 fully saturated rings. The smallest absolute Gasteiger partial charge is 0.311 e. The Hall–Kier alpha value is -2.66. The highest BCUT2D eigenvalue weighted by molar-refractivity contribution is 6.31. The molecule has 1 unspecified atom stereocenters. The molecule has 5 nitrogen and oxygen atoms in total. The van der Waals surface area contributed by atoms with Crippen LogP contribution in [-0.4, -0.2) is 30.8 Å². The van der Waals surface area contributed by atoms with Crippen LogP contribution in [0.4, 0.5) is 5.69 Å². The number of ether oxygens (including phenoxy) is 1. The Morgan fingerprint density at radius 1 is 1.12 bits per heavy atom. The number of carbonyl (C=O) groups is 3.